The van der Waals surface area contributed by atoms with E-state index in [1.165, 1.54) is 142 Å². The molecule has 294 valence electrons. The summed E-state index contributed by atoms with van der Waals surface area (Å²) in [7, 11) is 0. The molecule has 0 radical (unpaired) electrons. The molecule has 0 N–H and O–H groups in total. The fraction of sp³-hybridized carbons (Fsp3) is 0.129. The normalized spacial score (nSPS) is 13.0. The highest BCUT2D eigenvalue weighted by atomic mass is 14.4. The third-order valence-electron chi connectivity index (χ3n) is 14.4. The standard InChI is InChI=1S/C62H46/c1-61(2,3)42-25-20-36(21-26-42)55-52-34-50-48-31-40-13-8-7-12-39(40)30-47(48)44-16-9-10-17-45(44)49(50)33-51(52)56(37-22-27-43(28-23-37)62(4,5)6)60-53-32-41-15-11-14-35-18-19-38-24-29-46(59(55)60)58(53)57(38)54(35)41/h7-34H,1-6H3. The van der Waals surface area contributed by atoms with Gasteiger partial charge < -0.3 is 0 Å². The molecule has 1 aliphatic rings. The van der Waals surface area contributed by atoms with Crippen LogP contribution in [0.4, 0.5) is 0 Å². The number of benzene rings is 12. The van der Waals surface area contributed by atoms with Gasteiger partial charge in [-0.2, -0.15) is 0 Å². The van der Waals surface area contributed by atoms with Gasteiger partial charge in [0.15, 0.2) is 0 Å². The highest BCUT2D eigenvalue weighted by Crippen LogP contribution is 2.60. The molecule has 0 bridgehead atoms. The van der Waals surface area contributed by atoms with Crippen LogP contribution in [0.2, 0.25) is 0 Å². The Balaban J connectivity index is 1.28. The largest absolute Gasteiger partial charge is 0.0616 e. The lowest BCUT2D eigenvalue weighted by molar-refractivity contribution is 0.590. The van der Waals surface area contributed by atoms with Crippen LogP contribution in [0.15, 0.2) is 170 Å². The van der Waals surface area contributed by atoms with E-state index < -0.39 is 0 Å². The summed E-state index contributed by atoms with van der Waals surface area (Å²) in [6.45, 7) is 13.9. The predicted octanol–water partition coefficient (Wildman–Crippen LogP) is 17.9. The maximum atomic E-state index is 2.57. The third-order valence-corrected chi connectivity index (χ3v) is 14.4. The summed E-state index contributed by atoms with van der Waals surface area (Å²) in [6.07, 6.45) is 0. The van der Waals surface area contributed by atoms with Crippen molar-refractivity contribution in [2.24, 2.45) is 0 Å². The molecule has 0 saturated carbocycles. The Morgan fingerprint density at radius 3 is 1.26 bits per heavy atom. The van der Waals surface area contributed by atoms with Gasteiger partial charge in [-0.25, -0.2) is 0 Å². The van der Waals surface area contributed by atoms with Gasteiger partial charge >= 0.3 is 0 Å². The van der Waals surface area contributed by atoms with Gasteiger partial charge in [-0.05, 0) is 183 Å². The Hall–Kier alpha value is -7.02. The minimum absolute atomic E-state index is 0.0435. The van der Waals surface area contributed by atoms with E-state index >= 15 is 0 Å². The lowest BCUT2D eigenvalue weighted by atomic mass is 9.79. The second kappa shape index (κ2) is 12.3. The second-order valence-corrected chi connectivity index (χ2v) is 20.0. The van der Waals surface area contributed by atoms with Crippen LogP contribution in [0.25, 0.3) is 131 Å². The summed E-state index contributed by atoms with van der Waals surface area (Å²) in [5, 5.41) is 20.9. The van der Waals surface area contributed by atoms with Gasteiger partial charge in [0.2, 0.25) is 0 Å². The first kappa shape index (κ1) is 35.7. The van der Waals surface area contributed by atoms with E-state index in [0.717, 1.165) is 0 Å². The van der Waals surface area contributed by atoms with Crippen LogP contribution in [-0.2, 0) is 10.8 Å². The smallest absolute Gasteiger partial charge is 0.000719 e. The van der Waals surface area contributed by atoms with Crippen LogP contribution in [0.3, 0.4) is 0 Å². The first-order valence-electron chi connectivity index (χ1n) is 22.2. The molecule has 0 nitrogen and oxygen atoms in total. The van der Waals surface area contributed by atoms with Crippen molar-refractivity contribution in [3.63, 3.8) is 0 Å². The molecule has 13 rings (SSSR count). The van der Waals surface area contributed by atoms with Crippen LogP contribution >= 0.6 is 0 Å². The van der Waals surface area contributed by atoms with Crippen LogP contribution in [0, 0.1) is 0 Å². The van der Waals surface area contributed by atoms with Gasteiger partial charge in [0, 0.05) is 0 Å². The molecule has 0 spiro atoms. The molecule has 12 aromatic carbocycles. The minimum atomic E-state index is 0.0435. The van der Waals surface area contributed by atoms with E-state index in [0.29, 0.717) is 0 Å². The number of hydrogen-bond acceptors (Lipinski definition) is 0. The summed E-state index contributed by atoms with van der Waals surface area (Å²) in [4.78, 5) is 0. The van der Waals surface area contributed by atoms with E-state index in [2.05, 4.69) is 211 Å². The van der Waals surface area contributed by atoms with Gasteiger partial charge in [0.25, 0.3) is 0 Å². The van der Waals surface area contributed by atoms with Crippen molar-refractivity contribution in [2.45, 2.75) is 52.4 Å². The zero-order valence-electron chi connectivity index (χ0n) is 36.2. The number of fused-ring (bicyclic) bond motifs is 11. The molecule has 0 aliphatic heterocycles. The van der Waals surface area contributed by atoms with E-state index in [9.17, 15) is 0 Å². The van der Waals surface area contributed by atoms with Crippen molar-refractivity contribution in [1.29, 1.82) is 0 Å². The van der Waals surface area contributed by atoms with E-state index in [1.54, 1.807) is 0 Å². The van der Waals surface area contributed by atoms with Gasteiger partial charge in [-0.1, -0.05) is 181 Å². The SMILES string of the molecule is CC(C)(C)c1ccc(-c2c3c(c(-c4ccc(C(C)(C)C)cc4)c4cc5c6cc7ccccc7cc6c6ccccc6c5cc24)-c2ccc4ccc5cccc6cc-3c2c4c56)cc1. The highest BCUT2D eigenvalue weighted by Gasteiger charge is 2.33. The van der Waals surface area contributed by atoms with Crippen LogP contribution in [0.5, 0.6) is 0 Å². The van der Waals surface area contributed by atoms with Crippen molar-refractivity contribution in [2.75, 3.05) is 0 Å². The van der Waals surface area contributed by atoms with Gasteiger partial charge in [-0.15, -0.1) is 0 Å². The molecule has 0 heteroatoms. The predicted molar refractivity (Wildman–Crippen MR) is 270 cm³/mol. The first-order chi connectivity index (χ1) is 30.0. The molecule has 62 heavy (non-hydrogen) atoms. The maximum absolute atomic E-state index is 2.57. The van der Waals surface area contributed by atoms with Gasteiger partial charge in [-0.3, -0.25) is 0 Å². The van der Waals surface area contributed by atoms with Crippen LogP contribution < -0.4 is 0 Å². The van der Waals surface area contributed by atoms with Crippen molar-refractivity contribution in [1.82, 2.24) is 0 Å². The second-order valence-electron chi connectivity index (χ2n) is 20.0. The van der Waals surface area contributed by atoms with Crippen molar-refractivity contribution >= 4 is 86.2 Å². The molecule has 12 aromatic rings. The average molecular weight is 791 g/mol. The van der Waals surface area contributed by atoms with E-state index in [4.69, 9.17) is 0 Å². The molecular weight excluding hydrogens is 745 g/mol. The van der Waals surface area contributed by atoms with Crippen molar-refractivity contribution < 1.29 is 0 Å². The van der Waals surface area contributed by atoms with E-state index in [-0.39, 0.29) is 10.8 Å². The minimum Gasteiger partial charge on any atom is -0.0616 e. The zero-order chi connectivity index (χ0) is 41.8. The quantitative estimate of drug-likeness (QED) is 0.121. The topological polar surface area (TPSA) is 0 Å². The van der Waals surface area contributed by atoms with Crippen LogP contribution in [-0.4, -0.2) is 0 Å². The van der Waals surface area contributed by atoms with Gasteiger partial charge in [0.05, 0.1) is 0 Å². The highest BCUT2D eigenvalue weighted by molar-refractivity contribution is 6.37. The average Bonchev–Trinajstić information content (AvgIpc) is 3.60. The van der Waals surface area contributed by atoms with Crippen LogP contribution in [0.1, 0.15) is 52.7 Å². The summed E-state index contributed by atoms with van der Waals surface area (Å²) in [6, 6.07) is 65.7. The number of hydrogen-bond donors (Lipinski definition) is 0. The summed E-state index contributed by atoms with van der Waals surface area (Å²) in [5.41, 5.74) is 13.3. The fourth-order valence-electron chi connectivity index (χ4n) is 11.3. The molecule has 0 aromatic heterocycles. The lowest BCUT2D eigenvalue weighted by Crippen LogP contribution is -2.10. The monoisotopic (exact) mass is 790 g/mol. The molecule has 0 saturated heterocycles. The molecule has 0 amide bonds. The number of rotatable bonds is 2. The molecular formula is C62H46. The van der Waals surface area contributed by atoms with Crippen molar-refractivity contribution in [3.05, 3.63) is 181 Å². The third kappa shape index (κ3) is 4.90. The molecule has 0 heterocycles. The fourth-order valence-corrected chi connectivity index (χ4v) is 11.3. The summed E-state index contributed by atoms with van der Waals surface area (Å²) >= 11 is 0. The Kier molecular flexibility index (Phi) is 7.09. The molecule has 0 unspecified atom stereocenters. The van der Waals surface area contributed by atoms with E-state index in [1.807, 2.05) is 0 Å². The zero-order valence-corrected chi connectivity index (χ0v) is 36.2. The maximum Gasteiger partial charge on any atom is -0.000719 e. The molecule has 0 atom stereocenters. The Morgan fingerprint density at radius 2 is 0.694 bits per heavy atom. The van der Waals surface area contributed by atoms with Gasteiger partial charge in [0.1, 0.15) is 0 Å². The molecule has 0 fully saturated rings. The lowest BCUT2D eigenvalue weighted by Gasteiger charge is -2.24. The summed E-state index contributed by atoms with van der Waals surface area (Å²) < 4.78 is 0. The Morgan fingerprint density at radius 1 is 0.258 bits per heavy atom. The Bertz CT molecular complexity index is 3880. The first-order valence-corrected chi connectivity index (χ1v) is 22.2. The van der Waals surface area contributed by atoms with Crippen molar-refractivity contribution in [3.8, 4) is 44.5 Å². The molecule has 1 aliphatic carbocycles. The Labute approximate surface area is 362 Å². The summed E-state index contributed by atoms with van der Waals surface area (Å²) in [5.74, 6) is 0.